The molecule has 94 valence electrons. The lowest BCUT2D eigenvalue weighted by Crippen LogP contribution is -2.26. The molecule has 0 spiro atoms. The maximum absolute atomic E-state index is 11.9. The summed E-state index contributed by atoms with van der Waals surface area (Å²) in [5.41, 5.74) is 1.62. The molecule has 0 aromatic heterocycles. The summed E-state index contributed by atoms with van der Waals surface area (Å²) < 4.78 is 22.6. The summed E-state index contributed by atoms with van der Waals surface area (Å²) in [5.74, 6) is -0.337. The van der Waals surface area contributed by atoms with Gasteiger partial charge in [-0.25, -0.2) is 8.42 Å². The number of hydrogen-bond donors (Lipinski definition) is 0. The number of carbonyl (C=O) groups is 1. The third kappa shape index (κ3) is 3.66. The van der Waals surface area contributed by atoms with Gasteiger partial charge >= 0.3 is 0 Å². The number of benzene rings is 1. The lowest BCUT2D eigenvalue weighted by atomic mass is 10.0. The summed E-state index contributed by atoms with van der Waals surface area (Å²) in [5, 5.41) is -0.973. The highest BCUT2D eigenvalue weighted by Crippen LogP contribution is 2.12. The summed E-state index contributed by atoms with van der Waals surface area (Å²) >= 11 is 0. The summed E-state index contributed by atoms with van der Waals surface area (Å²) in [7, 11) is -3.32. The van der Waals surface area contributed by atoms with Crippen molar-refractivity contribution in [3.05, 3.63) is 35.4 Å². The van der Waals surface area contributed by atoms with E-state index in [0.29, 0.717) is 5.56 Å². The van der Waals surface area contributed by atoms with Gasteiger partial charge in [0.25, 0.3) is 0 Å². The molecule has 0 fully saturated rings. The Morgan fingerprint density at radius 3 is 2.18 bits per heavy atom. The molecule has 3 nitrogen and oxygen atoms in total. The lowest BCUT2D eigenvalue weighted by Gasteiger charge is -2.08. The number of sulfone groups is 1. The Labute approximate surface area is 103 Å². The Kier molecular flexibility index (Phi) is 4.46. The van der Waals surface area contributed by atoms with Crippen molar-refractivity contribution in [3.8, 4) is 0 Å². The molecule has 0 N–H and O–H groups in total. The van der Waals surface area contributed by atoms with Gasteiger partial charge in [0.1, 0.15) is 5.25 Å². The SMILES string of the molecule is CCCc1ccc(C(=O)C(C)S(C)(=O)=O)cc1. The standard InChI is InChI=1S/C13H18O3S/c1-4-5-11-6-8-12(9-7-11)13(14)10(2)17(3,15)16/h6-10H,4-5H2,1-3H3. The number of hydrogen-bond acceptors (Lipinski definition) is 3. The van der Waals surface area contributed by atoms with E-state index in [9.17, 15) is 13.2 Å². The molecule has 0 saturated heterocycles. The molecule has 1 aromatic carbocycles. The summed E-state index contributed by atoms with van der Waals surface area (Å²) in [6.07, 6.45) is 3.10. The van der Waals surface area contributed by atoms with E-state index in [-0.39, 0.29) is 5.78 Å². The van der Waals surface area contributed by atoms with Crippen LogP contribution in [0, 0.1) is 0 Å². The average Bonchev–Trinajstić information content (AvgIpc) is 2.27. The van der Waals surface area contributed by atoms with E-state index in [1.807, 2.05) is 12.1 Å². The minimum absolute atomic E-state index is 0.337. The molecule has 0 aliphatic rings. The quantitative estimate of drug-likeness (QED) is 0.757. The first-order valence-corrected chi connectivity index (χ1v) is 7.63. The Balaban J connectivity index is 2.91. The van der Waals surface area contributed by atoms with Crippen LogP contribution in [-0.4, -0.2) is 25.7 Å². The van der Waals surface area contributed by atoms with Crippen LogP contribution in [0.15, 0.2) is 24.3 Å². The van der Waals surface area contributed by atoms with Crippen molar-refractivity contribution in [2.45, 2.75) is 31.9 Å². The van der Waals surface area contributed by atoms with E-state index >= 15 is 0 Å². The van der Waals surface area contributed by atoms with E-state index in [1.165, 1.54) is 6.92 Å². The van der Waals surface area contributed by atoms with E-state index in [2.05, 4.69) is 6.92 Å². The van der Waals surface area contributed by atoms with Gasteiger partial charge in [-0.3, -0.25) is 4.79 Å². The number of aryl methyl sites for hydroxylation is 1. The molecular weight excluding hydrogens is 236 g/mol. The lowest BCUT2D eigenvalue weighted by molar-refractivity contribution is 0.0991. The normalized spacial score (nSPS) is 13.4. The smallest absolute Gasteiger partial charge is 0.180 e. The van der Waals surface area contributed by atoms with Crippen molar-refractivity contribution in [2.24, 2.45) is 0 Å². The van der Waals surface area contributed by atoms with Gasteiger partial charge in [-0.1, -0.05) is 37.6 Å². The number of carbonyl (C=O) groups excluding carboxylic acids is 1. The molecule has 0 saturated carbocycles. The maximum Gasteiger partial charge on any atom is 0.180 e. The Morgan fingerprint density at radius 1 is 1.24 bits per heavy atom. The summed E-state index contributed by atoms with van der Waals surface area (Å²) in [4.78, 5) is 11.9. The van der Waals surface area contributed by atoms with Crippen LogP contribution in [0.3, 0.4) is 0 Å². The van der Waals surface area contributed by atoms with E-state index in [4.69, 9.17) is 0 Å². The molecule has 4 heteroatoms. The van der Waals surface area contributed by atoms with E-state index < -0.39 is 15.1 Å². The fourth-order valence-electron chi connectivity index (χ4n) is 1.55. The highest BCUT2D eigenvalue weighted by atomic mass is 32.2. The van der Waals surface area contributed by atoms with Gasteiger partial charge in [0, 0.05) is 11.8 Å². The van der Waals surface area contributed by atoms with Crippen molar-refractivity contribution in [1.82, 2.24) is 0 Å². The Morgan fingerprint density at radius 2 is 1.76 bits per heavy atom. The molecule has 17 heavy (non-hydrogen) atoms. The zero-order valence-corrected chi connectivity index (χ0v) is 11.3. The van der Waals surface area contributed by atoms with Crippen LogP contribution < -0.4 is 0 Å². The molecule has 0 aliphatic heterocycles. The van der Waals surface area contributed by atoms with Gasteiger partial charge in [0.05, 0.1) is 0 Å². The van der Waals surface area contributed by atoms with E-state index in [0.717, 1.165) is 24.7 Å². The molecule has 1 rings (SSSR count). The maximum atomic E-state index is 11.9. The van der Waals surface area contributed by atoms with Crippen LogP contribution in [0.4, 0.5) is 0 Å². The van der Waals surface area contributed by atoms with Crippen molar-refractivity contribution in [2.75, 3.05) is 6.26 Å². The first-order valence-electron chi connectivity index (χ1n) is 5.68. The average molecular weight is 254 g/mol. The first kappa shape index (κ1) is 13.9. The van der Waals surface area contributed by atoms with Gasteiger partial charge in [0.2, 0.25) is 0 Å². The van der Waals surface area contributed by atoms with Crippen molar-refractivity contribution >= 4 is 15.6 Å². The topological polar surface area (TPSA) is 51.2 Å². The summed E-state index contributed by atoms with van der Waals surface area (Å²) in [6.45, 7) is 3.52. The minimum Gasteiger partial charge on any atom is -0.293 e. The molecule has 0 amide bonds. The molecular formula is C13H18O3S. The second-order valence-corrected chi connectivity index (χ2v) is 6.65. The van der Waals surface area contributed by atoms with Crippen molar-refractivity contribution < 1.29 is 13.2 Å². The molecule has 0 aliphatic carbocycles. The van der Waals surface area contributed by atoms with Crippen LogP contribution in [0.25, 0.3) is 0 Å². The van der Waals surface area contributed by atoms with Gasteiger partial charge in [-0.15, -0.1) is 0 Å². The fourth-order valence-corrected chi connectivity index (χ4v) is 2.08. The highest BCUT2D eigenvalue weighted by Gasteiger charge is 2.24. The first-order chi connectivity index (χ1) is 7.86. The van der Waals surface area contributed by atoms with Crippen molar-refractivity contribution in [3.63, 3.8) is 0 Å². The van der Waals surface area contributed by atoms with Gasteiger partial charge in [-0.05, 0) is 18.9 Å². The van der Waals surface area contributed by atoms with Gasteiger partial charge in [0.15, 0.2) is 15.6 Å². The van der Waals surface area contributed by atoms with Crippen molar-refractivity contribution in [1.29, 1.82) is 0 Å². The fraction of sp³-hybridized carbons (Fsp3) is 0.462. The number of Topliss-reactive ketones (excluding diaryl/α,β-unsaturated/α-hetero) is 1. The predicted molar refractivity (Wildman–Crippen MR) is 69.1 cm³/mol. The molecule has 0 bridgehead atoms. The van der Waals surface area contributed by atoms with Crippen LogP contribution in [0.5, 0.6) is 0 Å². The second kappa shape index (κ2) is 5.45. The van der Waals surface area contributed by atoms with Crippen LogP contribution >= 0.6 is 0 Å². The highest BCUT2D eigenvalue weighted by molar-refractivity contribution is 7.92. The third-order valence-corrected chi connectivity index (χ3v) is 4.29. The third-order valence-electron chi connectivity index (χ3n) is 2.79. The largest absolute Gasteiger partial charge is 0.293 e. The Bertz CT molecular complexity index is 486. The zero-order valence-electron chi connectivity index (χ0n) is 10.4. The predicted octanol–water partition coefficient (Wildman–Crippen LogP) is 2.25. The van der Waals surface area contributed by atoms with E-state index in [1.54, 1.807) is 12.1 Å². The molecule has 1 atom stereocenters. The monoisotopic (exact) mass is 254 g/mol. The minimum atomic E-state index is -3.32. The molecule has 0 heterocycles. The number of ketones is 1. The Hall–Kier alpha value is -1.16. The molecule has 1 unspecified atom stereocenters. The van der Waals surface area contributed by atoms with Gasteiger partial charge < -0.3 is 0 Å². The number of rotatable bonds is 5. The zero-order chi connectivity index (χ0) is 13.1. The molecule has 1 aromatic rings. The van der Waals surface area contributed by atoms with Crippen LogP contribution in [0.2, 0.25) is 0 Å². The van der Waals surface area contributed by atoms with Gasteiger partial charge in [-0.2, -0.15) is 0 Å². The van der Waals surface area contributed by atoms with Crippen LogP contribution in [0.1, 0.15) is 36.2 Å². The van der Waals surface area contributed by atoms with Crippen LogP contribution in [-0.2, 0) is 16.3 Å². The molecule has 0 radical (unpaired) electrons. The second-order valence-electron chi connectivity index (χ2n) is 4.28. The summed E-state index contributed by atoms with van der Waals surface area (Å²) in [6, 6.07) is 7.17.